The van der Waals surface area contributed by atoms with Crippen LogP contribution in [0.15, 0.2) is 229 Å². The Labute approximate surface area is 372 Å². The van der Waals surface area contributed by atoms with Crippen LogP contribution in [-0.4, -0.2) is 13.1 Å². The van der Waals surface area contributed by atoms with E-state index in [1.54, 1.807) is 0 Å². The molecule has 2 aliphatic carbocycles. The summed E-state index contributed by atoms with van der Waals surface area (Å²) in [7, 11) is 0. The summed E-state index contributed by atoms with van der Waals surface area (Å²) >= 11 is 0. The molecule has 2 aliphatic heterocycles. The zero-order chi connectivity index (χ0) is 42.2. The van der Waals surface area contributed by atoms with Gasteiger partial charge in [0.15, 0.2) is 0 Å². The van der Waals surface area contributed by atoms with Gasteiger partial charge in [0, 0.05) is 46.9 Å². The predicted octanol–water partition coefficient (Wildman–Crippen LogP) is 14.2. The first-order valence-corrected chi connectivity index (χ1v) is 22.6. The summed E-state index contributed by atoms with van der Waals surface area (Å²) in [4.78, 5) is 5.02. The smallest absolute Gasteiger partial charge is 0.0688 e. The first kappa shape index (κ1) is 38.7. The number of anilines is 3. The highest BCUT2D eigenvalue weighted by molar-refractivity contribution is 5.97. The van der Waals surface area contributed by atoms with Crippen LogP contribution in [0.1, 0.15) is 58.7 Å². The Morgan fingerprint density at radius 1 is 0.667 bits per heavy atom. The average Bonchev–Trinajstić information content (AvgIpc) is 3.51. The summed E-state index contributed by atoms with van der Waals surface area (Å²) in [6, 6.07) is 60.9. The van der Waals surface area contributed by atoms with E-state index < -0.39 is 5.41 Å². The number of aryl methyl sites for hydroxylation is 1. The average molecular weight is 814 g/mol. The minimum Gasteiger partial charge on any atom is -0.340 e. The van der Waals surface area contributed by atoms with Crippen molar-refractivity contribution >= 4 is 27.8 Å². The Morgan fingerprint density at radius 3 is 2.35 bits per heavy atom. The van der Waals surface area contributed by atoms with Gasteiger partial charge >= 0.3 is 0 Å². The fraction of sp³-hybridized carbons (Fsp3) is 0.150. The normalized spacial score (nSPS) is 19.1. The third kappa shape index (κ3) is 6.82. The Balaban J connectivity index is 1.04. The molecule has 0 spiro atoms. The van der Waals surface area contributed by atoms with Crippen molar-refractivity contribution in [2.75, 3.05) is 22.9 Å². The number of hydrogen-bond acceptors (Lipinski definition) is 3. The lowest BCUT2D eigenvalue weighted by Gasteiger charge is -2.36. The molecule has 7 aromatic carbocycles. The molecule has 0 radical (unpaired) electrons. The van der Waals surface area contributed by atoms with Crippen LogP contribution in [-0.2, 0) is 11.8 Å². The molecule has 0 saturated heterocycles. The van der Waals surface area contributed by atoms with Crippen LogP contribution in [0.5, 0.6) is 0 Å². The van der Waals surface area contributed by atoms with Crippen molar-refractivity contribution in [3.63, 3.8) is 0 Å². The van der Waals surface area contributed by atoms with E-state index >= 15 is 0 Å². The van der Waals surface area contributed by atoms with Gasteiger partial charge in [0.2, 0.25) is 0 Å². The van der Waals surface area contributed by atoms with Crippen molar-refractivity contribution < 1.29 is 0 Å². The van der Waals surface area contributed by atoms with Crippen molar-refractivity contribution in [2.24, 2.45) is 0 Å². The van der Waals surface area contributed by atoms with Crippen LogP contribution in [0.2, 0.25) is 0 Å². The Kier molecular flexibility index (Phi) is 10.2. The van der Waals surface area contributed by atoms with Crippen molar-refractivity contribution in [1.82, 2.24) is 5.32 Å². The van der Waals surface area contributed by atoms with Gasteiger partial charge in [0.25, 0.3) is 0 Å². The molecule has 306 valence electrons. The SMILES string of the molecule is Cc1ccccc1C1(c2ccccc2)C2=CC=C(N(C3=CCCC=C3)c3cccc(-c4ccc5c(c4)N(c4cccc6ccccc46)CCC=C=CC5)c3)CNC2c2ccccc21. The number of benzene rings is 7. The van der Waals surface area contributed by atoms with Gasteiger partial charge in [0.1, 0.15) is 0 Å². The zero-order valence-corrected chi connectivity index (χ0v) is 35.8. The highest BCUT2D eigenvalue weighted by atomic mass is 15.2. The summed E-state index contributed by atoms with van der Waals surface area (Å²) in [5, 5.41) is 6.66. The minimum absolute atomic E-state index is 0.0431. The third-order valence-corrected chi connectivity index (χ3v) is 13.6. The maximum Gasteiger partial charge on any atom is 0.0688 e. The van der Waals surface area contributed by atoms with E-state index in [1.807, 2.05) is 0 Å². The van der Waals surface area contributed by atoms with Gasteiger partial charge in [-0.05, 0) is 137 Å². The molecule has 3 nitrogen and oxygen atoms in total. The van der Waals surface area contributed by atoms with Crippen LogP contribution < -0.4 is 15.1 Å². The second-order valence-electron chi connectivity index (χ2n) is 17.2. The lowest BCUT2D eigenvalue weighted by Crippen LogP contribution is -2.33. The van der Waals surface area contributed by atoms with Gasteiger partial charge in [-0.25, -0.2) is 0 Å². The highest BCUT2D eigenvalue weighted by Crippen LogP contribution is 2.58. The van der Waals surface area contributed by atoms with Gasteiger partial charge in [-0.1, -0.05) is 158 Å². The largest absolute Gasteiger partial charge is 0.340 e. The molecule has 0 bridgehead atoms. The molecule has 0 saturated carbocycles. The standard InChI is InChI=1S/C60H51N3/c1-43-20-11-15-32-54(43)60(48-25-7-4-8-26-48)55-33-16-14-31-53(55)59-56(60)38-37-51(42-61-59)63(49-27-9-5-10-28-49)50-29-18-24-46(40-50)47-36-35-45-22-6-2-3-17-39-62(58(45)41-47)57-34-19-23-44-21-12-13-30-52(44)57/h3-4,6-9,11-16,18-21,23-38,40-41,59,61H,5,10,17,22,39,42H2,1H3. The molecular formula is C60H51N3. The Hall–Kier alpha value is -7.16. The van der Waals surface area contributed by atoms with E-state index in [-0.39, 0.29) is 6.04 Å². The molecule has 0 aromatic heterocycles. The summed E-state index contributed by atoms with van der Waals surface area (Å²) in [6.07, 6.45) is 20.1. The van der Waals surface area contributed by atoms with Crippen LogP contribution >= 0.6 is 0 Å². The van der Waals surface area contributed by atoms with Crippen molar-refractivity contribution in [1.29, 1.82) is 0 Å². The highest BCUT2D eigenvalue weighted by Gasteiger charge is 2.51. The molecule has 7 aromatic rings. The number of hydrogen-bond donors (Lipinski definition) is 1. The van der Waals surface area contributed by atoms with E-state index in [0.29, 0.717) is 6.54 Å². The number of allylic oxidation sites excluding steroid dienone is 5. The lowest BCUT2D eigenvalue weighted by atomic mass is 9.66. The fourth-order valence-corrected chi connectivity index (χ4v) is 10.7. The van der Waals surface area contributed by atoms with Gasteiger partial charge in [-0.3, -0.25) is 0 Å². The quantitative estimate of drug-likeness (QED) is 0.162. The Bertz CT molecular complexity index is 3060. The second-order valence-corrected chi connectivity index (χ2v) is 17.2. The van der Waals surface area contributed by atoms with E-state index in [0.717, 1.165) is 37.9 Å². The summed E-state index contributed by atoms with van der Waals surface area (Å²) in [5.74, 6) is 0. The predicted molar refractivity (Wildman–Crippen MR) is 264 cm³/mol. The van der Waals surface area contributed by atoms with Crippen LogP contribution in [0.25, 0.3) is 21.9 Å². The number of nitrogens with one attached hydrogen (secondary N) is 1. The van der Waals surface area contributed by atoms with E-state index in [1.165, 1.54) is 83.6 Å². The maximum absolute atomic E-state index is 4.14. The monoisotopic (exact) mass is 813 g/mol. The van der Waals surface area contributed by atoms with Crippen LogP contribution in [0.4, 0.5) is 17.1 Å². The number of nitrogens with zero attached hydrogens (tertiary/aromatic N) is 2. The maximum atomic E-state index is 4.14. The van der Waals surface area contributed by atoms with Crippen molar-refractivity contribution in [2.45, 2.75) is 44.1 Å². The number of rotatable bonds is 7. The Morgan fingerprint density at radius 2 is 1.46 bits per heavy atom. The molecule has 0 fully saturated rings. The molecule has 0 amide bonds. The zero-order valence-electron chi connectivity index (χ0n) is 35.8. The van der Waals surface area contributed by atoms with Gasteiger partial charge < -0.3 is 15.1 Å². The van der Waals surface area contributed by atoms with E-state index in [9.17, 15) is 0 Å². The lowest BCUT2D eigenvalue weighted by molar-refractivity contribution is 0.606. The van der Waals surface area contributed by atoms with E-state index in [2.05, 4.69) is 234 Å². The molecule has 2 heterocycles. The minimum atomic E-state index is -0.448. The molecular weight excluding hydrogens is 763 g/mol. The van der Waals surface area contributed by atoms with Crippen LogP contribution in [0.3, 0.4) is 0 Å². The van der Waals surface area contributed by atoms with Crippen molar-refractivity contribution in [3.05, 3.63) is 262 Å². The molecule has 11 rings (SSSR count). The molecule has 2 unspecified atom stereocenters. The molecule has 63 heavy (non-hydrogen) atoms. The molecule has 2 atom stereocenters. The number of fused-ring (bicyclic) bond motifs is 5. The summed E-state index contributed by atoms with van der Waals surface area (Å²) < 4.78 is 0. The molecule has 4 aliphatic rings. The van der Waals surface area contributed by atoms with Crippen molar-refractivity contribution in [3.8, 4) is 11.1 Å². The molecule has 3 heteroatoms. The third-order valence-electron chi connectivity index (χ3n) is 13.6. The molecule has 1 N–H and O–H groups in total. The van der Waals surface area contributed by atoms with Crippen LogP contribution in [0, 0.1) is 6.92 Å². The summed E-state index contributed by atoms with van der Waals surface area (Å²) in [6.45, 7) is 3.84. The second kappa shape index (κ2) is 16.6. The summed E-state index contributed by atoms with van der Waals surface area (Å²) in [5.41, 5.74) is 20.7. The van der Waals surface area contributed by atoms with Gasteiger partial charge in [-0.15, -0.1) is 5.73 Å². The fourth-order valence-electron chi connectivity index (χ4n) is 10.7. The first-order valence-electron chi connectivity index (χ1n) is 22.6. The topological polar surface area (TPSA) is 18.5 Å². The van der Waals surface area contributed by atoms with Gasteiger partial charge in [-0.2, -0.15) is 0 Å². The van der Waals surface area contributed by atoms with E-state index in [4.69, 9.17) is 0 Å². The first-order chi connectivity index (χ1) is 31.2. The van der Waals surface area contributed by atoms with Gasteiger partial charge in [0.05, 0.1) is 11.5 Å².